The Kier molecular flexibility index (Phi) is 4.32. The number of nitrogens with zero attached hydrogens (tertiary/aromatic N) is 1. The lowest BCUT2D eigenvalue weighted by molar-refractivity contribution is -0.119. The van der Waals surface area contributed by atoms with Crippen molar-refractivity contribution in [1.29, 1.82) is 0 Å². The van der Waals surface area contributed by atoms with E-state index in [0.29, 0.717) is 11.8 Å². The van der Waals surface area contributed by atoms with Crippen LogP contribution in [0.1, 0.15) is 19.8 Å². The molecule has 1 aromatic carbocycles. The first-order valence-electron chi connectivity index (χ1n) is 7.41. The topological polar surface area (TPSA) is 54.5 Å². The maximum atomic E-state index is 12.7. The lowest BCUT2D eigenvalue weighted by Crippen LogP contribution is -2.33. The molecule has 0 aromatic heterocycles. The zero-order valence-corrected chi connectivity index (χ0v) is 14.1. The molecule has 0 saturated heterocycles. The van der Waals surface area contributed by atoms with Gasteiger partial charge in [0.15, 0.2) is 9.84 Å². The SMILES string of the molecule is C[C@H]1CCN(C(=O)C[C@@H]2C=CS(=O)(=O)C2)c2ccccc2S1. The van der Waals surface area contributed by atoms with Crippen molar-refractivity contribution in [3.8, 4) is 0 Å². The van der Waals surface area contributed by atoms with E-state index in [0.717, 1.165) is 17.0 Å². The molecule has 0 unspecified atom stereocenters. The van der Waals surface area contributed by atoms with E-state index in [1.165, 1.54) is 5.41 Å². The van der Waals surface area contributed by atoms with Crippen molar-refractivity contribution in [3.63, 3.8) is 0 Å². The average Bonchev–Trinajstić information content (AvgIpc) is 2.70. The molecule has 0 radical (unpaired) electrons. The number of benzene rings is 1. The van der Waals surface area contributed by atoms with Gasteiger partial charge >= 0.3 is 0 Å². The Labute approximate surface area is 135 Å². The molecular formula is C16H19NO3S2. The summed E-state index contributed by atoms with van der Waals surface area (Å²) in [5.41, 5.74) is 0.951. The summed E-state index contributed by atoms with van der Waals surface area (Å²) < 4.78 is 23.0. The number of rotatable bonds is 2. The zero-order chi connectivity index (χ0) is 15.7. The molecule has 22 heavy (non-hydrogen) atoms. The number of hydrogen-bond acceptors (Lipinski definition) is 4. The molecule has 0 bridgehead atoms. The lowest BCUT2D eigenvalue weighted by atomic mass is 10.1. The second kappa shape index (κ2) is 6.08. The van der Waals surface area contributed by atoms with Crippen molar-refractivity contribution in [2.45, 2.75) is 29.9 Å². The van der Waals surface area contributed by atoms with E-state index in [1.807, 2.05) is 29.2 Å². The van der Waals surface area contributed by atoms with Crippen molar-refractivity contribution < 1.29 is 13.2 Å². The number of para-hydroxylation sites is 1. The van der Waals surface area contributed by atoms with Gasteiger partial charge < -0.3 is 4.90 Å². The van der Waals surface area contributed by atoms with E-state index in [-0.39, 0.29) is 24.0 Å². The molecule has 4 nitrogen and oxygen atoms in total. The van der Waals surface area contributed by atoms with Crippen molar-refractivity contribution >= 4 is 33.2 Å². The van der Waals surface area contributed by atoms with E-state index < -0.39 is 9.84 Å². The summed E-state index contributed by atoms with van der Waals surface area (Å²) >= 11 is 1.79. The van der Waals surface area contributed by atoms with E-state index in [1.54, 1.807) is 17.8 Å². The highest BCUT2D eigenvalue weighted by molar-refractivity contribution is 8.00. The molecule has 0 aliphatic carbocycles. The van der Waals surface area contributed by atoms with Gasteiger partial charge in [0, 0.05) is 34.4 Å². The van der Waals surface area contributed by atoms with E-state index >= 15 is 0 Å². The fraction of sp³-hybridized carbons (Fsp3) is 0.438. The number of hydrogen-bond donors (Lipinski definition) is 0. The molecule has 0 saturated carbocycles. The van der Waals surface area contributed by atoms with Crippen LogP contribution >= 0.6 is 11.8 Å². The summed E-state index contributed by atoms with van der Waals surface area (Å²) in [6.07, 6.45) is 2.83. The number of anilines is 1. The Bertz CT molecular complexity index is 712. The first kappa shape index (κ1) is 15.6. The highest BCUT2D eigenvalue weighted by Gasteiger charge is 2.28. The molecule has 2 aliphatic rings. The van der Waals surface area contributed by atoms with Gasteiger partial charge in [-0.1, -0.05) is 25.1 Å². The van der Waals surface area contributed by atoms with Crippen molar-refractivity contribution in [2.24, 2.45) is 5.92 Å². The van der Waals surface area contributed by atoms with Gasteiger partial charge in [-0.05, 0) is 18.6 Å². The van der Waals surface area contributed by atoms with Gasteiger partial charge in [0.05, 0.1) is 11.4 Å². The molecule has 0 fully saturated rings. The van der Waals surface area contributed by atoms with Crippen LogP contribution in [-0.4, -0.2) is 31.9 Å². The summed E-state index contributed by atoms with van der Waals surface area (Å²) in [5.74, 6) is -0.133. The summed E-state index contributed by atoms with van der Waals surface area (Å²) in [5, 5.41) is 1.70. The summed E-state index contributed by atoms with van der Waals surface area (Å²) in [6.45, 7) is 2.86. The van der Waals surface area contributed by atoms with Crippen LogP contribution in [0.5, 0.6) is 0 Å². The number of carbonyl (C=O) groups excluding carboxylic acids is 1. The third-order valence-electron chi connectivity index (χ3n) is 3.99. The van der Waals surface area contributed by atoms with Crippen LogP contribution in [-0.2, 0) is 14.6 Å². The Hall–Kier alpha value is -1.27. The standard InChI is InChI=1S/C16H19NO3S2/c1-12-6-8-17(14-4-2-3-5-15(14)21-12)16(18)10-13-7-9-22(19,20)11-13/h2-5,7,9,12-13H,6,8,10-11H2,1H3/t12-,13-/m0/s1. The molecule has 2 aliphatic heterocycles. The van der Waals surface area contributed by atoms with Crippen LogP contribution in [0.2, 0.25) is 0 Å². The smallest absolute Gasteiger partial charge is 0.227 e. The number of thioether (sulfide) groups is 1. The van der Waals surface area contributed by atoms with E-state index in [2.05, 4.69) is 6.92 Å². The minimum Gasteiger partial charge on any atom is -0.311 e. The molecular weight excluding hydrogens is 318 g/mol. The third kappa shape index (κ3) is 3.38. The minimum absolute atomic E-state index is 0.00824. The predicted octanol–water partition coefficient (Wildman–Crippen LogP) is 2.85. The molecule has 0 spiro atoms. The number of sulfone groups is 1. The molecule has 1 amide bonds. The van der Waals surface area contributed by atoms with E-state index in [9.17, 15) is 13.2 Å². The maximum absolute atomic E-state index is 12.7. The van der Waals surface area contributed by atoms with E-state index in [4.69, 9.17) is 0 Å². The number of amides is 1. The molecule has 2 atom stereocenters. The van der Waals surface area contributed by atoms with Crippen molar-refractivity contribution in [3.05, 3.63) is 35.7 Å². The van der Waals surface area contributed by atoms with Gasteiger partial charge in [0.25, 0.3) is 0 Å². The largest absolute Gasteiger partial charge is 0.311 e. The molecule has 0 N–H and O–H groups in total. The average molecular weight is 337 g/mol. The van der Waals surface area contributed by atoms with Gasteiger partial charge in [0.2, 0.25) is 5.91 Å². The van der Waals surface area contributed by atoms with Crippen LogP contribution in [0.3, 0.4) is 0 Å². The molecule has 3 rings (SSSR count). The van der Waals surface area contributed by atoms with Crippen LogP contribution in [0.15, 0.2) is 40.6 Å². The Balaban J connectivity index is 1.79. The Morgan fingerprint density at radius 3 is 2.86 bits per heavy atom. The van der Waals surface area contributed by atoms with Gasteiger partial charge in [0.1, 0.15) is 0 Å². The first-order chi connectivity index (χ1) is 10.4. The summed E-state index contributed by atoms with van der Waals surface area (Å²) in [7, 11) is -3.10. The minimum atomic E-state index is -3.10. The Morgan fingerprint density at radius 2 is 2.14 bits per heavy atom. The highest BCUT2D eigenvalue weighted by Crippen LogP contribution is 2.37. The van der Waals surface area contributed by atoms with Crippen LogP contribution in [0.4, 0.5) is 5.69 Å². The second-order valence-electron chi connectivity index (χ2n) is 5.85. The second-order valence-corrected chi connectivity index (χ2v) is 9.26. The quantitative estimate of drug-likeness (QED) is 0.833. The fourth-order valence-electron chi connectivity index (χ4n) is 2.85. The molecule has 2 heterocycles. The molecule has 118 valence electrons. The summed E-state index contributed by atoms with van der Waals surface area (Å²) in [4.78, 5) is 15.6. The lowest BCUT2D eigenvalue weighted by Gasteiger charge is -2.23. The maximum Gasteiger partial charge on any atom is 0.227 e. The van der Waals surface area contributed by atoms with Crippen LogP contribution in [0.25, 0.3) is 0 Å². The fourth-order valence-corrected chi connectivity index (χ4v) is 5.36. The number of allylic oxidation sites excluding steroid dienone is 1. The van der Waals surface area contributed by atoms with Crippen molar-refractivity contribution in [2.75, 3.05) is 17.2 Å². The monoisotopic (exact) mass is 337 g/mol. The molecule has 6 heteroatoms. The van der Waals surface area contributed by atoms with Gasteiger partial charge in [-0.3, -0.25) is 4.79 Å². The molecule has 1 aromatic rings. The summed E-state index contributed by atoms with van der Waals surface area (Å²) in [6, 6.07) is 7.94. The first-order valence-corrected chi connectivity index (χ1v) is 10.0. The number of fused-ring (bicyclic) bond motifs is 1. The van der Waals surface area contributed by atoms with Gasteiger partial charge in [-0.15, -0.1) is 11.8 Å². The van der Waals surface area contributed by atoms with Crippen LogP contribution in [0, 0.1) is 5.92 Å². The predicted molar refractivity (Wildman–Crippen MR) is 89.8 cm³/mol. The normalized spacial score (nSPS) is 26.5. The highest BCUT2D eigenvalue weighted by atomic mass is 32.2. The Morgan fingerprint density at radius 1 is 1.36 bits per heavy atom. The van der Waals surface area contributed by atoms with Gasteiger partial charge in [-0.2, -0.15) is 0 Å². The third-order valence-corrected chi connectivity index (χ3v) is 6.69. The van der Waals surface area contributed by atoms with Crippen molar-refractivity contribution in [1.82, 2.24) is 0 Å². The zero-order valence-electron chi connectivity index (χ0n) is 12.4. The van der Waals surface area contributed by atoms with Gasteiger partial charge in [-0.25, -0.2) is 8.42 Å². The number of carbonyl (C=O) groups is 1. The van der Waals surface area contributed by atoms with Crippen LogP contribution < -0.4 is 4.90 Å².